The topological polar surface area (TPSA) is 54.3 Å². The molecule has 2 atom stereocenters. The molecule has 2 N–H and O–H groups in total. The van der Waals surface area contributed by atoms with E-state index in [-0.39, 0.29) is 24.4 Å². The maximum Gasteiger partial charge on any atom is 0.287 e. The molecule has 2 rings (SSSR count). The fraction of sp³-hybridized carbons (Fsp3) is 0.545. The van der Waals surface area contributed by atoms with Crippen LogP contribution in [0.2, 0.25) is 0 Å². The lowest BCUT2D eigenvalue weighted by molar-refractivity contribution is 0.0896. The van der Waals surface area contributed by atoms with Gasteiger partial charge in [-0.25, -0.2) is 0 Å². The second-order valence-electron chi connectivity index (χ2n) is 4.15. The first-order valence-electron chi connectivity index (χ1n) is 5.45. The van der Waals surface area contributed by atoms with Crippen molar-refractivity contribution in [2.75, 3.05) is 6.54 Å². The highest BCUT2D eigenvalue weighted by molar-refractivity contribution is 9.10. The van der Waals surface area contributed by atoms with Crippen molar-refractivity contribution < 1.29 is 9.21 Å². The van der Waals surface area contributed by atoms with Gasteiger partial charge in [0, 0.05) is 12.1 Å². The molecule has 2 unspecified atom stereocenters. The van der Waals surface area contributed by atoms with Crippen LogP contribution in [0, 0.1) is 0 Å². The van der Waals surface area contributed by atoms with Gasteiger partial charge in [-0.3, -0.25) is 4.79 Å². The Kier molecular flexibility index (Phi) is 5.49. The summed E-state index contributed by atoms with van der Waals surface area (Å²) in [6.45, 7) is 3.08. The van der Waals surface area contributed by atoms with Gasteiger partial charge in [-0.15, -0.1) is 12.4 Å². The number of nitrogens with one attached hydrogen (secondary N) is 2. The molecule has 1 aliphatic rings. The number of rotatable bonds is 2. The molecule has 0 radical (unpaired) electrons. The van der Waals surface area contributed by atoms with Gasteiger partial charge in [0.15, 0.2) is 10.4 Å². The lowest BCUT2D eigenvalue weighted by Gasteiger charge is -2.28. The summed E-state index contributed by atoms with van der Waals surface area (Å²) in [6.07, 6.45) is 1.94. The van der Waals surface area contributed by atoms with Crippen LogP contribution >= 0.6 is 28.3 Å². The average Bonchev–Trinajstić information content (AvgIpc) is 2.65. The number of carbonyl (C=O) groups is 1. The Balaban J connectivity index is 0.00000144. The largest absolute Gasteiger partial charge is 0.444 e. The Hall–Kier alpha value is -0.520. The Labute approximate surface area is 115 Å². The summed E-state index contributed by atoms with van der Waals surface area (Å²) >= 11 is 3.18. The number of amides is 1. The van der Waals surface area contributed by atoms with Crippen LogP contribution in [0.3, 0.4) is 0 Å². The van der Waals surface area contributed by atoms with Gasteiger partial charge in [0.25, 0.3) is 5.91 Å². The van der Waals surface area contributed by atoms with Gasteiger partial charge < -0.3 is 15.1 Å². The molecular formula is C11H16BrClN2O2. The van der Waals surface area contributed by atoms with Gasteiger partial charge in [-0.05, 0) is 54.4 Å². The summed E-state index contributed by atoms with van der Waals surface area (Å²) in [4.78, 5) is 11.8. The van der Waals surface area contributed by atoms with E-state index in [4.69, 9.17) is 4.42 Å². The molecule has 1 aromatic heterocycles. The van der Waals surface area contributed by atoms with Crippen LogP contribution in [0.25, 0.3) is 0 Å². The van der Waals surface area contributed by atoms with Gasteiger partial charge in [-0.1, -0.05) is 0 Å². The van der Waals surface area contributed by atoms with E-state index in [9.17, 15) is 4.79 Å². The highest BCUT2D eigenvalue weighted by Gasteiger charge is 2.21. The van der Waals surface area contributed by atoms with Crippen LogP contribution in [0.15, 0.2) is 21.2 Å². The first kappa shape index (κ1) is 14.5. The molecule has 4 nitrogen and oxygen atoms in total. The Bertz CT molecular complexity index is 383. The maximum atomic E-state index is 11.8. The Morgan fingerprint density at radius 1 is 1.59 bits per heavy atom. The maximum absolute atomic E-state index is 11.8. The summed E-state index contributed by atoms with van der Waals surface area (Å²) in [5, 5.41) is 6.33. The van der Waals surface area contributed by atoms with Crippen LogP contribution in [0.4, 0.5) is 0 Å². The van der Waals surface area contributed by atoms with Gasteiger partial charge >= 0.3 is 0 Å². The third kappa shape index (κ3) is 4.01. The predicted octanol–water partition coefficient (Wildman–Crippen LogP) is 2.33. The van der Waals surface area contributed by atoms with Gasteiger partial charge in [0.2, 0.25) is 0 Å². The summed E-state index contributed by atoms with van der Waals surface area (Å²) in [6, 6.07) is 4.10. The molecule has 0 bridgehead atoms. The standard InChI is InChI=1S/C11H15BrN2O2.ClH/c1-7-6-8(4-5-13-7)14-11(15)9-2-3-10(12)16-9;/h2-3,7-8,13H,4-6H2,1H3,(H,14,15);1H. The number of hydrogen-bond acceptors (Lipinski definition) is 3. The highest BCUT2D eigenvalue weighted by Crippen LogP contribution is 2.15. The van der Waals surface area contributed by atoms with Crippen molar-refractivity contribution in [1.29, 1.82) is 0 Å². The van der Waals surface area contributed by atoms with Crippen molar-refractivity contribution in [2.24, 2.45) is 0 Å². The first-order valence-corrected chi connectivity index (χ1v) is 6.24. The lowest BCUT2D eigenvalue weighted by Crippen LogP contribution is -2.46. The average molecular weight is 324 g/mol. The van der Waals surface area contributed by atoms with E-state index in [0.717, 1.165) is 19.4 Å². The van der Waals surface area contributed by atoms with E-state index in [1.165, 1.54) is 0 Å². The molecule has 1 aromatic rings. The second kappa shape index (κ2) is 6.42. The number of carbonyl (C=O) groups excluding carboxylic acids is 1. The minimum absolute atomic E-state index is 0. The Morgan fingerprint density at radius 2 is 2.35 bits per heavy atom. The van der Waals surface area contributed by atoms with E-state index in [2.05, 4.69) is 33.5 Å². The number of piperidine rings is 1. The van der Waals surface area contributed by atoms with Crippen LogP contribution in [-0.2, 0) is 0 Å². The van der Waals surface area contributed by atoms with E-state index in [1.54, 1.807) is 12.1 Å². The van der Waals surface area contributed by atoms with E-state index in [1.807, 2.05) is 0 Å². The monoisotopic (exact) mass is 322 g/mol. The van der Waals surface area contributed by atoms with Crippen LogP contribution in [-0.4, -0.2) is 24.5 Å². The second-order valence-corrected chi connectivity index (χ2v) is 4.94. The van der Waals surface area contributed by atoms with E-state index < -0.39 is 0 Å². The molecule has 2 heterocycles. The van der Waals surface area contributed by atoms with Crippen molar-refractivity contribution in [3.05, 3.63) is 22.6 Å². The molecule has 96 valence electrons. The third-order valence-electron chi connectivity index (χ3n) is 2.76. The molecule has 1 aliphatic heterocycles. The van der Waals surface area contributed by atoms with Gasteiger partial charge in [0.1, 0.15) is 0 Å². The van der Waals surface area contributed by atoms with Gasteiger partial charge in [-0.2, -0.15) is 0 Å². The lowest BCUT2D eigenvalue weighted by atomic mass is 10.0. The minimum atomic E-state index is -0.134. The number of furan rings is 1. The molecule has 0 spiro atoms. The van der Waals surface area contributed by atoms with Crippen LogP contribution in [0.1, 0.15) is 30.3 Å². The molecule has 0 aromatic carbocycles. The fourth-order valence-corrected chi connectivity index (χ4v) is 2.26. The zero-order valence-electron chi connectivity index (χ0n) is 9.53. The number of halogens is 2. The fourth-order valence-electron chi connectivity index (χ4n) is 1.96. The SMILES string of the molecule is CC1CC(NC(=O)c2ccc(Br)o2)CCN1.Cl. The van der Waals surface area contributed by atoms with Gasteiger partial charge in [0.05, 0.1) is 0 Å². The van der Waals surface area contributed by atoms with E-state index in [0.29, 0.717) is 16.5 Å². The van der Waals surface area contributed by atoms with Crippen molar-refractivity contribution in [2.45, 2.75) is 31.8 Å². The number of hydrogen-bond donors (Lipinski definition) is 2. The molecule has 6 heteroatoms. The molecule has 0 aliphatic carbocycles. The molecular weight excluding hydrogens is 307 g/mol. The molecule has 1 amide bonds. The quantitative estimate of drug-likeness (QED) is 0.878. The molecule has 17 heavy (non-hydrogen) atoms. The normalized spacial score (nSPS) is 23.9. The zero-order chi connectivity index (χ0) is 11.5. The minimum Gasteiger partial charge on any atom is -0.444 e. The smallest absolute Gasteiger partial charge is 0.287 e. The summed E-state index contributed by atoms with van der Waals surface area (Å²) in [5.41, 5.74) is 0. The molecule has 0 saturated carbocycles. The van der Waals surface area contributed by atoms with Crippen LogP contribution in [0.5, 0.6) is 0 Å². The Morgan fingerprint density at radius 3 is 2.94 bits per heavy atom. The zero-order valence-corrected chi connectivity index (χ0v) is 11.9. The summed E-state index contributed by atoms with van der Waals surface area (Å²) in [5.74, 6) is 0.225. The van der Waals surface area contributed by atoms with Crippen molar-refractivity contribution in [1.82, 2.24) is 10.6 Å². The third-order valence-corrected chi connectivity index (χ3v) is 3.18. The predicted molar refractivity (Wildman–Crippen MR) is 71.6 cm³/mol. The summed E-state index contributed by atoms with van der Waals surface area (Å²) < 4.78 is 5.78. The van der Waals surface area contributed by atoms with Crippen molar-refractivity contribution >= 4 is 34.2 Å². The first-order chi connectivity index (χ1) is 7.65. The van der Waals surface area contributed by atoms with E-state index >= 15 is 0 Å². The van der Waals surface area contributed by atoms with Crippen LogP contribution < -0.4 is 10.6 Å². The molecule has 1 fully saturated rings. The van der Waals surface area contributed by atoms with Crippen molar-refractivity contribution in [3.8, 4) is 0 Å². The van der Waals surface area contributed by atoms with Crippen molar-refractivity contribution in [3.63, 3.8) is 0 Å². The summed E-state index contributed by atoms with van der Waals surface area (Å²) in [7, 11) is 0. The highest BCUT2D eigenvalue weighted by atomic mass is 79.9. The molecule has 1 saturated heterocycles.